The van der Waals surface area contributed by atoms with Gasteiger partial charge in [-0.15, -0.1) is 0 Å². The first kappa shape index (κ1) is 50.5. The average molecular weight is 761 g/mol. The summed E-state index contributed by atoms with van der Waals surface area (Å²) in [4.78, 5) is 34.9. The molecule has 0 rings (SSSR count). The van der Waals surface area contributed by atoms with Crippen molar-refractivity contribution in [1.29, 1.82) is 0 Å². The van der Waals surface area contributed by atoms with E-state index in [4.69, 9.17) is 19.1 Å². The molecule has 0 saturated carbocycles. The van der Waals surface area contributed by atoms with Gasteiger partial charge < -0.3 is 24.6 Å². The second-order valence-electron chi connectivity index (χ2n) is 14.0. The number of carbonyl (C=O) groups is 2. The van der Waals surface area contributed by atoms with Crippen molar-refractivity contribution in [3.8, 4) is 0 Å². The van der Waals surface area contributed by atoms with Gasteiger partial charge in [0.15, 0.2) is 6.10 Å². The molecule has 0 aliphatic carbocycles. The Kier molecular flexibility index (Phi) is 36.6. The van der Waals surface area contributed by atoms with Crippen LogP contribution in [0.3, 0.4) is 0 Å². The van der Waals surface area contributed by atoms with Crippen LogP contribution in [0.15, 0.2) is 24.3 Å². The smallest absolute Gasteiger partial charge is 0.462 e. The summed E-state index contributed by atoms with van der Waals surface area (Å²) in [6.45, 7) is 2.35. The molecule has 3 N–H and O–H groups in total. The zero-order valence-electron chi connectivity index (χ0n) is 33.0. The minimum absolute atomic E-state index is 0.169. The maximum Gasteiger partial charge on any atom is 0.472 e. The maximum atomic E-state index is 12.6. The summed E-state index contributed by atoms with van der Waals surface area (Å²) in [6.07, 6.45) is 35.7. The number of unbranched alkanes of at least 4 members (excludes halogenated alkanes) is 22. The highest BCUT2D eigenvalue weighted by molar-refractivity contribution is 7.47. The molecule has 0 heterocycles. The Bertz CT molecular complexity index is 925. The zero-order valence-corrected chi connectivity index (χ0v) is 33.9. The summed E-state index contributed by atoms with van der Waals surface area (Å²) >= 11 is 0. The molecule has 306 valence electrons. The van der Waals surface area contributed by atoms with E-state index in [0.717, 1.165) is 57.8 Å². The molecule has 0 spiro atoms. The van der Waals surface area contributed by atoms with E-state index in [1.54, 1.807) is 0 Å². The molecule has 52 heavy (non-hydrogen) atoms. The van der Waals surface area contributed by atoms with E-state index >= 15 is 0 Å². The van der Waals surface area contributed by atoms with E-state index in [2.05, 4.69) is 42.7 Å². The number of aliphatic hydroxyl groups excluding tert-OH is 2. The Morgan fingerprint density at radius 2 is 0.981 bits per heavy atom. The predicted octanol–water partition coefficient (Wildman–Crippen LogP) is 10.6. The summed E-state index contributed by atoms with van der Waals surface area (Å²) in [5.74, 6) is -0.937. The van der Waals surface area contributed by atoms with Crippen LogP contribution in [0.4, 0.5) is 0 Å². The number of rotatable bonds is 39. The summed E-state index contributed by atoms with van der Waals surface area (Å²) < 4.78 is 32.6. The molecule has 1 unspecified atom stereocenters. The molecule has 3 atom stereocenters. The fraction of sp³-hybridized carbons (Fsp3) is 0.854. The lowest BCUT2D eigenvalue weighted by atomic mass is 10.0. The largest absolute Gasteiger partial charge is 0.472 e. The summed E-state index contributed by atoms with van der Waals surface area (Å²) in [5, 5.41) is 18.3. The van der Waals surface area contributed by atoms with Crippen LogP contribution in [0, 0.1) is 0 Å². The minimum Gasteiger partial charge on any atom is -0.462 e. The normalized spacial score (nSPS) is 14.2. The Morgan fingerprint density at radius 1 is 0.577 bits per heavy atom. The van der Waals surface area contributed by atoms with E-state index in [0.29, 0.717) is 12.8 Å². The van der Waals surface area contributed by atoms with Gasteiger partial charge in [-0.1, -0.05) is 160 Å². The summed E-state index contributed by atoms with van der Waals surface area (Å²) in [5.41, 5.74) is 0. The molecule has 0 aromatic heterocycles. The maximum absolute atomic E-state index is 12.6. The van der Waals surface area contributed by atoms with Crippen molar-refractivity contribution in [2.24, 2.45) is 0 Å². The molecule has 0 saturated heterocycles. The fourth-order valence-electron chi connectivity index (χ4n) is 5.63. The van der Waals surface area contributed by atoms with Crippen molar-refractivity contribution in [1.82, 2.24) is 0 Å². The van der Waals surface area contributed by atoms with Gasteiger partial charge in [0.2, 0.25) is 0 Å². The lowest BCUT2D eigenvalue weighted by Crippen LogP contribution is -2.29. The molecule has 0 radical (unpaired) electrons. The van der Waals surface area contributed by atoms with E-state index < -0.39 is 51.8 Å². The van der Waals surface area contributed by atoms with Crippen molar-refractivity contribution in [2.75, 3.05) is 26.4 Å². The Hall–Kier alpha value is -1.55. The van der Waals surface area contributed by atoms with Crippen LogP contribution in [0.1, 0.15) is 187 Å². The van der Waals surface area contributed by atoms with Gasteiger partial charge in [-0.3, -0.25) is 18.6 Å². The van der Waals surface area contributed by atoms with Crippen molar-refractivity contribution in [3.05, 3.63) is 24.3 Å². The molecule has 11 heteroatoms. The number of ether oxygens (including phenoxy) is 2. The predicted molar refractivity (Wildman–Crippen MR) is 210 cm³/mol. The first-order valence-electron chi connectivity index (χ1n) is 20.8. The highest BCUT2D eigenvalue weighted by Gasteiger charge is 2.27. The van der Waals surface area contributed by atoms with Crippen molar-refractivity contribution < 1.29 is 47.8 Å². The molecule has 10 nitrogen and oxygen atoms in total. The third kappa shape index (κ3) is 36.8. The van der Waals surface area contributed by atoms with Crippen LogP contribution < -0.4 is 0 Å². The molecule has 0 aliphatic rings. The zero-order chi connectivity index (χ0) is 38.4. The van der Waals surface area contributed by atoms with Crippen molar-refractivity contribution in [2.45, 2.75) is 199 Å². The molecule has 0 aliphatic heterocycles. The summed E-state index contributed by atoms with van der Waals surface area (Å²) in [7, 11) is -4.61. The van der Waals surface area contributed by atoms with Crippen LogP contribution in [0.25, 0.3) is 0 Å². The molecular weight excluding hydrogens is 683 g/mol. The Morgan fingerprint density at radius 3 is 1.46 bits per heavy atom. The highest BCUT2D eigenvalue weighted by Crippen LogP contribution is 2.43. The number of esters is 2. The number of carbonyl (C=O) groups excluding carboxylic acids is 2. The lowest BCUT2D eigenvalue weighted by Gasteiger charge is -2.20. The lowest BCUT2D eigenvalue weighted by molar-refractivity contribution is -0.161. The molecule has 0 aromatic rings. The van der Waals surface area contributed by atoms with E-state index in [9.17, 15) is 24.2 Å². The number of hydrogen-bond donors (Lipinski definition) is 3. The highest BCUT2D eigenvalue weighted by atomic mass is 31.2. The van der Waals surface area contributed by atoms with Gasteiger partial charge in [-0.25, -0.2) is 4.57 Å². The molecule has 0 amide bonds. The van der Waals surface area contributed by atoms with Gasteiger partial charge in [-0.05, 0) is 38.5 Å². The first-order valence-corrected chi connectivity index (χ1v) is 22.3. The average Bonchev–Trinajstić information content (AvgIpc) is 3.13. The second kappa shape index (κ2) is 37.8. The van der Waals surface area contributed by atoms with Crippen molar-refractivity contribution in [3.63, 3.8) is 0 Å². The molecule has 0 aromatic carbocycles. The molecule has 0 bridgehead atoms. The molecule has 0 fully saturated rings. The number of phosphoric acid groups is 1. The van der Waals surface area contributed by atoms with Gasteiger partial charge in [-0.2, -0.15) is 0 Å². The summed E-state index contributed by atoms with van der Waals surface area (Å²) in [6, 6.07) is 0. The first-order chi connectivity index (χ1) is 25.2. The quantitative estimate of drug-likeness (QED) is 0.0239. The number of hydrogen-bond acceptors (Lipinski definition) is 9. The second-order valence-corrected chi connectivity index (χ2v) is 15.5. The van der Waals surface area contributed by atoms with Crippen LogP contribution in [0.2, 0.25) is 0 Å². The monoisotopic (exact) mass is 761 g/mol. The van der Waals surface area contributed by atoms with Gasteiger partial charge in [0.25, 0.3) is 0 Å². The standard InChI is InChI=1S/C41H77O10P/c1-3-5-7-9-11-13-15-17-19-21-23-25-27-29-31-33-41(45)51-39(37-50-52(46,47)49-35-38(43)34-42)36-48-40(44)32-30-28-26-24-22-20-18-16-14-12-10-8-6-4-2/h13,15,17,19,38-39,42-43H,3-12,14,16,18,20-37H2,1-2H3,(H,46,47)/b15-13+,19-17+/t38-,39+/m0/s1. The number of aliphatic hydroxyl groups is 2. The van der Waals surface area contributed by atoms with E-state index in [1.807, 2.05) is 0 Å². The van der Waals surface area contributed by atoms with Crippen LogP contribution in [-0.2, 0) is 32.7 Å². The Balaban J connectivity index is 4.34. The van der Waals surface area contributed by atoms with Gasteiger partial charge in [0, 0.05) is 12.8 Å². The topological polar surface area (TPSA) is 149 Å². The van der Waals surface area contributed by atoms with Crippen LogP contribution in [-0.4, -0.2) is 65.7 Å². The van der Waals surface area contributed by atoms with Crippen molar-refractivity contribution >= 4 is 19.8 Å². The van der Waals surface area contributed by atoms with Gasteiger partial charge in [0.05, 0.1) is 19.8 Å². The van der Waals surface area contributed by atoms with E-state index in [-0.39, 0.29) is 19.4 Å². The molecular formula is C41H77O10P. The Labute approximate surface area is 317 Å². The number of phosphoric ester groups is 1. The van der Waals surface area contributed by atoms with Gasteiger partial charge >= 0.3 is 19.8 Å². The SMILES string of the molecule is CCCCCC/C=C/C=C/CCCCCCCC(=O)O[C@H](COC(=O)CCCCCCCCCCCCCCCC)COP(=O)(O)OC[C@@H](O)CO. The third-order valence-corrected chi connectivity index (χ3v) is 9.84. The van der Waals surface area contributed by atoms with Crippen LogP contribution in [0.5, 0.6) is 0 Å². The minimum atomic E-state index is -4.61. The third-order valence-electron chi connectivity index (χ3n) is 8.89. The van der Waals surface area contributed by atoms with Gasteiger partial charge in [0.1, 0.15) is 12.7 Å². The van der Waals surface area contributed by atoms with Crippen LogP contribution >= 0.6 is 7.82 Å². The number of allylic oxidation sites excluding steroid dienone is 4. The van der Waals surface area contributed by atoms with E-state index in [1.165, 1.54) is 89.9 Å². The fourth-order valence-corrected chi connectivity index (χ4v) is 6.42.